The van der Waals surface area contributed by atoms with Crippen LogP contribution in [0, 0.1) is 0 Å². The molecule has 16 heavy (non-hydrogen) atoms. The van der Waals surface area contributed by atoms with Crippen LogP contribution in [-0.4, -0.2) is 31.6 Å². The summed E-state index contributed by atoms with van der Waals surface area (Å²) in [5.74, 6) is 0. The molecule has 0 saturated heterocycles. The number of hydrogen-bond acceptors (Lipinski definition) is 3. The fraction of sp³-hybridized carbons (Fsp3) is 0.500. The van der Waals surface area contributed by atoms with Gasteiger partial charge >= 0.3 is 0 Å². The number of hydrogen-bond donors (Lipinski definition) is 0. The molecule has 0 fully saturated rings. The Labute approximate surface area is 118 Å². The van der Waals surface area contributed by atoms with Crippen molar-refractivity contribution < 1.29 is 8.42 Å². The van der Waals surface area contributed by atoms with Crippen LogP contribution in [0.5, 0.6) is 0 Å². The zero-order valence-corrected chi connectivity index (χ0v) is 13.1. The summed E-state index contributed by atoms with van der Waals surface area (Å²) in [6, 6.07) is 1.38. The number of sulfonamides is 1. The van der Waals surface area contributed by atoms with Crippen molar-refractivity contribution in [2.45, 2.75) is 11.3 Å². The maximum absolute atomic E-state index is 12.0. The largest absolute Gasteiger partial charge is 0.245 e. The maximum atomic E-state index is 12.0. The van der Waals surface area contributed by atoms with E-state index in [9.17, 15) is 8.42 Å². The standard InChI is InChI=1S/C8H10BrCl2NO2S2/c1-12(4-2-3-9)16(13,14)6-5-7(10)15-8(6)11/h5H,2-4H2,1H3. The Morgan fingerprint density at radius 2 is 2.12 bits per heavy atom. The lowest BCUT2D eigenvalue weighted by atomic mass is 10.5. The van der Waals surface area contributed by atoms with Crippen LogP contribution in [0.1, 0.15) is 6.42 Å². The maximum Gasteiger partial charge on any atom is 0.245 e. The van der Waals surface area contributed by atoms with Crippen molar-refractivity contribution in [2.75, 3.05) is 18.9 Å². The van der Waals surface area contributed by atoms with Gasteiger partial charge in [0.25, 0.3) is 0 Å². The molecule has 3 nitrogen and oxygen atoms in total. The average molecular weight is 367 g/mol. The van der Waals surface area contributed by atoms with E-state index in [1.807, 2.05) is 0 Å². The normalized spacial score (nSPS) is 12.3. The number of nitrogens with zero attached hydrogens (tertiary/aromatic N) is 1. The third-order valence-corrected chi connectivity index (χ3v) is 6.09. The first-order valence-corrected chi connectivity index (χ1v) is 8.50. The minimum atomic E-state index is -3.51. The first-order chi connectivity index (χ1) is 7.39. The highest BCUT2D eigenvalue weighted by molar-refractivity contribution is 9.09. The zero-order chi connectivity index (χ0) is 12.3. The molecule has 1 rings (SSSR count). The molecule has 0 saturated carbocycles. The van der Waals surface area contributed by atoms with E-state index < -0.39 is 10.0 Å². The van der Waals surface area contributed by atoms with E-state index in [1.165, 1.54) is 17.4 Å². The minimum absolute atomic E-state index is 0.0845. The summed E-state index contributed by atoms with van der Waals surface area (Å²) in [6.07, 6.45) is 0.741. The Morgan fingerprint density at radius 1 is 1.50 bits per heavy atom. The van der Waals surface area contributed by atoms with Gasteiger partial charge in [0.1, 0.15) is 9.23 Å². The first kappa shape index (κ1) is 14.7. The van der Waals surface area contributed by atoms with Gasteiger partial charge < -0.3 is 0 Å². The Kier molecular flexibility index (Phi) is 5.54. The van der Waals surface area contributed by atoms with Gasteiger partial charge in [-0.05, 0) is 12.5 Å². The van der Waals surface area contributed by atoms with Crippen molar-refractivity contribution in [3.05, 3.63) is 14.7 Å². The summed E-state index contributed by atoms with van der Waals surface area (Å²) >= 11 is 15.9. The summed E-state index contributed by atoms with van der Waals surface area (Å²) in [5.41, 5.74) is 0. The van der Waals surface area contributed by atoms with Gasteiger partial charge in [-0.1, -0.05) is 39.1 Å². The van der Waals surface area contributed by atoms with Crippen molar-refractivity contribution in [2.24, 2.45) is 0 Å². The van der Waals surface area contributed by atoms with Crippen LogP contribution in [0.15, 0.2) is 11.0 Å². The fourth-order valence-electron chi connectivity index (χ4n) is 1.07. The molecular weight excluding hydrogens is 357 g/mol. The highest BCUT2D eigenvalue weighted by Crippen LogP contribution is 2.35. The Morgan fingerprint density at radius 3 is 2.56 bits per heavy atom. The van der Waals surface area contributed by atoms with Gasteiger partial charge in [-0.2, -0.15) is 0 Å². The van der Waals surface area contributed by atoms with E-state index in [1.54, 1.807) is 0 Å². The van der Waals surface area contributed by atoms with Crippen molar-refractivity contribution in [1.29, 1.82) is 0 Å². The molecule has 1 heterocycles. The van der Waals surface area contributed by atoms with Crippen LogP contribution in [0.3, 0.4) is 0 Å². The second-order valence-electron chi connectivity index (χ2n) is 3.06. The lowest BCUT2D eigenvalue weighted by molar-refractivity contribution is 0.470. The average Bonchev–Trinajstić information content (AvgIpc) is 2.54. The molecular formula is C8H10BrCl2NO2S2. The van der Waals surface area contributed by atoms with E-state index >= 15 is 0 Å². The van der Waals surface area contributed by atoms with Crippen LogP contribution >= 0.6 is 50.5 Å². The second-order valence-corrected chi connectivity index (χ2v) is 8.15. The Hall–Kier alpha value is 0.670. The molecule has 0 aliphatic carbocycles. The van der Waals surface area contributed by atoms with Gasteiger partial charge in [-0.3, -0.25) is 0 Å². The van der Waals surface area contributed by atoms with Gasteiger partial charge in [0.05, 0.1) is 4.34 Å². The highest BCUT2D eigenvalue weighted by atomic mass is 79.9. The van der Waals surface area contributed by atoms with Crippen molar-refractivity contribution in [3.63, 3.8) is 0 Å². The van der Waals surface area contributed by atoms with Crippen molar-refractivity contribution in [1.82, 2.24) is 4.31 Å². The number of thiophene rings is 1. The third-order valence-electron chi connectivity index (χ3n) is 1.92. The lowest BCUT2D eigenvalue weighted by Gasteiger charge is -2.15. The molecule has 1 aromatic rings. The van der Waals surface area contributed by atoms with Crippen LogP contribution in [-0.2, 0) is 10.0 Å². The Bertz CT molecular complexity index is 461. The fourth-order valence-corrected chi connectivity index (χ4v) is 4.64. The molecule has 0 N–H and O–H groups in total. The zero-order valence-electron chi connectivity index (χ0n) is 8.41. The lowest BCUT2D eigenvalue weighted by Crippen LogP contribution is -2.28. The van der Waals surface area contributed by atoms with E-state index in [-0.39, 0.29) is 9.23 Å². The van der Waals surface area contributed by atoms with Gasteiger partial charge in [-0.25, -0.2) is 12.7 Å². The predicted octanol–water partition coefficient (Wildman–Crippen LogP) is 3.46. The SMILES string of the molecule is CN(CCCBr)S(=O)(=O)c1cc(Cl)sc1Cl. The third kappa shape index (κ3) is 3.34. The van der Waals surface area contributed by atoms with Crippen molar-refractivity contribution >= 4 is 60.5 Å². The smallest absolute Gasteiger partial charge is 0.207 e. The molecule has 0 aliphatic heterocycles. The number of alkyl halides is 1. The monoisotopic (exact) mass is 365 g/mol. The minimum Gasteiger partial charge on any atom is -0.207 e. The molecule has 1 aromatic heterocycles. The van der Waals surface area contributed by atoms with Crippen molar-refractivity contribution in [3.8, 4) is 0 Å². The second kappa shape index (κ2) is 6.02. The molecule has 0 amide bonds. The molecule has 92 valence electrons. The number of halogens is 3. The molecule has 0 bridgehead atoms. The van der Waals surface area contributed by atoms with Crippen LogP contribution in [0.4, 0.5) is 0 Å². The summed E-state index contributed by atoms with van der Waals surface area (Å²) < 4.78 is 25.9. The van der Waals surface area contributed by atoms with Gasteiger partial charge in [0, 0.05) is 18.9 Å². The highest BCUT2D eigenvalue weighted by Gasteiger charge is 2.25. The van der Waals surface area contributed by atoms with E-state index in [0.29, 0.717) is 10.9 Å². The Balaban J connectivity index is 2.97. The summed E-state index contributed by atoms with van der Waals surface area (Å²) in [6.45, 7) is 0.442. The molecule has 0 unspecified atom stereocenters. The van der Waals surface area contributed by atoms with Crippen LogP contribution in [0.25, 0.3) is 0 Å². The van der Waals surface area contributed by atoms with E-state index in [2.05, 4.69) is 15.9 Å². The quantitative estimate of drug-likeness (QED) is 0.748. The van der Waals surface area contributed by atoms with Gasteiger partial charge in [-0.15, -0.1) is 11.3 Å². The predicted molar refractivity (Wildman–Crippen MR) is 72.6 cm³/mol. The molecule has 0 radical (unpaired) electrons. The topological polar surface area (TPSA) is 37.4 Å². The van der Waals surface area contributed by atoms with Gasteiger partial charge in [0.15, 0.2) is 0 Å². The first-order valence-electron chi connectivity index (χ1n) is 4.36. The van der Waals surface area contributed by atoms with E-state index in [0.717, 1.165) is 23.1 Å². The number of rotatable bonds is 5. The summed E-state index contributed by atoms with van der Waals surface area (Å²) in [5, 5.41) is 0.755. The molecule has 8 heteroatoms. The molecule has 0 aromatic carbocycles. The van der Waals surface area contributed by atoms with Crippen LogP contribution < -0.4 is 0 Å². The van der Waals surface area contributed by atoms with Crippen LogP contribution in [0.2, 0.25) is 8.67 Å². The molecule has 0 spiro atoms. The molecule has 0 atom stereocenters. The van der Waals surface area contributed by atoms with Gasteiger partial charge in [0.2, 0.25) is 10.0 Å². The summed E-state index contributed by atoms with van der Waals surface area (Å²) in [7, 11) is -1.99. The van der Waals surface area contributed by atoms with E-state index in [4.69, 9.17) is 23.2 Å². The summed E-state index contributed by atoms with van der Waals surface area (Å²) in [4.78, 5) is 0.0845. The molecule has 0 aliphatic rings.